The molecule has 0 spiro atoms. The number of carbonyl (C=O) groups excluding carboxylic acids is 2. The van der Waals surface area contributed by atoms with Crippen LogP contribution in [0.5, 0.6) is 0 Å². The van der Waals surface area contributed by atoms with Crippen LogP contribution < -0.4 is 5.06 Å². The first-order valence-corrected chi connectivity index (χ1v) is 7.98. The Morgan fingerprint density at radius 1 is 1.30 bits per heavy atom. The van der Waals surface area contributed by atoms with Gasteiger partial charge in [0.15, 0.2) is 5.78 Å². The first-order valence-electron chi connectivity index (χ1n) is 7.98. The summed E-state index contributed by atoms with van der Waals surface area (Å²) in [4.78, 5) is 34.3. The van der Waals surface area contributed by atoms with E-state index in [1.54, 1.807) is 17.3 Å². The Morgan fingerprint density at radius 2 is 1.91 bits per heavy atom. The number of Topliss-reactive ketones (excluding diaryl/α,β-unsaturated/α-hetero) is 1. The van der Waals surface area contributed by atoms with Gasteiger partial charge in [-0.05, 0) is 26.8 Å². The molecule has 0 saturated heterocycles. The Kier molecular flexibility index (Phi) is 4.26. The van der Waals surface area contributed by atoms with Crippen molar-refractivity contribution in [3.8, 4) is 0 Å². The first-order chi connectivity index (χ1) is 10.4. The molecule has 2 rings (SSSR count). The smallest absolute Gasteiger partial charge is 0.337 e. The zero-order valence-electron chi connectivity index (χ0n) is 15.1. The lowest BCUT2D eigenvalue weighted by Crippen LogP contribution is -2.35. The molecule has 0 saturated carbocycles. The molecule has 1 aromatic heterocycles. The van der Waals surface area contributed by atoms with Gasteiger partial charge >= 0.3 is 5.97 Å². The highest BCUT2D eigenvalue weighted by atomic mass is 16.7. The van der Waals surface area contributed by atoms with Crippen molar-refractivity contribution in [1.29, 1.82) is 0 Å². The standard InChI is InChI=1S/C18H26N2O3/c1-11(2)15(21)13-8-14-12(9-19-13)18(6,7)10-20(14)23-16(22)17(3,4)5/h8-9,11H,10H2,1-7H3. The lowest BCUT2D eigenvalue weighted by atomic mass is 9.88. The van der Waals surface area contributed by atoms with Gasteiger partial charge in [-0.3, -0.25) is 9.78 Å². The molecule has 2 heterocycles. The van der Waals surface area contributed by atoms with Gasteiger partial charge in [0, 0.05) is 23.1 Å². The highest BCUT2D eigenvalue weighted by molar-refractivity contribution is 5.96. The monoisotopic (exact) mass is 318 g/mol. The molecule has 1 aromatic rings. The molecule has 126 valence electrons. The number of aromatic nitrogens is 1. The minimum Gasteiger partial charge on any atom is -0.340 e. The molecule has 0 atom stereocenters. The Morgan fingerprint density at radius 3 is 2.43 bits per heavy atom. The molecular formula is C18H26N2O3. The van der Waals surface area contributed by atoms with E-state index in [4.69, 9.17) is 4.84 Å². The van der Waals surface area contributed by atoms with Gasteiger partial charge in [-0.25, -0.2) is 9.86 Å². The summed E-state index contributed by atoms with van der Waals surface area (Å²) in [6.07, 6.45) is 1.73. The fourth-order valence-corrected chi connectivity index (χ4v) is 2.45. The SMILES string of the molecule is CC(C)C(=O)c1cc2c(cn1)C(C)(C)CN2OC(=O)C(C)(C)C. The van der Waals surface area contributed by atoms with Crippen LogP contribution in [0.1, 0.15) is 64.5 Å². The maximum atomic E-state index is 12.2. The van der Waals surface area contributed by atoms with Crippen molar-refractivity contribution in [1.82, 2.24) is 4.98 Å². The van der Waals surface area contributed by atoms with Crippen LogP contribution in [-0.4, -0.2) is 23.3 Å². The summed E-state index contributed by atoms with van der Waals surface area (Å²) in [5.74, 6) is -0.435. The maximum Gasteiger partial charge on any atom is 0.337 e. The molecular weight excluding hydrogens is 292 g/mol. The number of pyridine rings is 1. The molecule has 0 unspecified atom stereocenters. The van der Waals surface area contributed by atoms with Crippen LogP contribution in [0.2, 0.25) is 0 Å². The summed E-state index contributed by atoms with van der Waals surface area (Å²) in [5, 5.41) is 1.60. The normalized spacial score (nSPS) is 16.4. The van der Waals surface area contributed by atoms with Gasteiger partial charge in [0.25, 0.3) is 0 Å². The lowest BCUT2D eigenvalue weighted by molar-refractivity contribution is -0.154. The molecule has 23 heavy (non-hydrogen) atoms. The number of carbonyl (C=O) groups is 2. The molecule has 1 aliphatic rings. The van der Waals surface area contributed by atoms with Crippen LogP contribution in [-0.2, 0) is 15.0 Å². The Bertz CT molecular complexity index is 642. The van der Waals surface area contributed by atoms with Crippen molar-refractivity contribution in [3.05, 3.63) is 23.5 Å². The van der Waals surface area contributed by atoms with Crippen LogP contribution in [0, 0.1) is 11.3 Å². The van der Waals surface area contributed by atoms with E-state index >= 15 is 0 Å². The van der Waals surface area contributed by atoms with E-state index in [0.717, 1.165) is 11.3 Å². The second-order valence-electron chi connectivity index (χ2n) is 8.15. The van der Waals surface area contributed by atoms with Gasteiger partial charge < -0.3 is 4.84 Å². The Balaban J connectivity index is 2.39. The quantitative estimate of drug-likeness (QED) is 0.798. The van der Waals surface area contributed by atoms with E-state index in [1.165, 1.54) is 0 Å². The number of rotatable bonds is 3. The maximum absolute atomic E-state index is 12.2. The lowest BCUT2D eigenvalue weighted by Gasteiger charge is -2.25. The molecule has 0 bridgehead atoms. The average Bonchev–Trinajstić information content (AvgIpc) is 2.67. The number of fused-ring (bicyclic) bond motifs is 1. The topological polar surface area (TPSA) is 59.5 Å². The summed E-state index contributed by atoms with van der Waals surface area (Å²) < 4.78 is 0. The first kappa shape index (κ1) is 17.4. The van der Waals surface area contributed by atoms with Gasteiger partial charge in [0.1, 0.15) is 5.69 Å². The summed E-state index contributed by atoms with van der Waals surface area (Å²) >= 11 is 0. The number of hydroxylamine groups is 1. The molecule has 5 nitrogen and oxygen atoms in total. The van der Waals surface area contributed by atoms with Crippen molar-refractivity contribution in [2.24, 2.45) is 11.3 Å². The van der Waals surface area contributed by atoms with Crippen LogP contribution >= 0.6 is 0 Å². The van der Waals surface area contributed by atoms with Crippen LogP contribution in [0.25, 0.3) is 0 Å². The number of hydrogen-bond donors (Lipinski definition) is 0. The third-order valence-corrected chi connectivity index (χ3v) is 4.00. The fraction of sp³-hybridized carbons (Fsp3) is 0.611. The summed E-state index contributed by atoms with van der Waals surface area (Å²) in [7, 11) is 0. The van der Waals surface area contributed by atoms with Crippen molar-refractivity contribution < 1.29 is 14.4 Å². The van der Waals surface area contributed by atoms with E-state index in [2.05, 4.69) is 18.8 Å². The van der Waals surface area contributed by atoms with Gasteiger partial charge in [-0.1, -0.05) is 27.7 Å². The molecule has 5 heteroatoms. The molecule has 0 amide bonds. The number of hydrogen-bond acceptors (Lipinski definition) is 5. The highest BCUT2D eigenvalue weighted by Crippen LogP contribution is 2.41. The van der Waals surface area contributed by atoms with Crippen molar-refractivity contribution >= 4 is 17.4 Å². The number of ketones is 1. The third-order valence-electron chi connectivity index (χ3n) is 4.00. The van der Waals surface area contributed by atoms with E-state index in [9.17, 15) is 9.59 Å². The van der Waals surface area contributed by atoms with Crippen LogP contribution in [0.4, 0.5) is 5.69 Å². The predicted molar refractivity (Wildman–Crippen MR) is 89.3 cm³/mol. The second kappa shape index (κ2) is 5.62. The second-order valence-corrected chi connectivity index (χ2v) is 8.15. The van der Waals surface area contributed by atoms with Crippen LogP contribution in [0.15, 0.2) is 12.3 Å². The van der Waals surface area contributed by atoms with E-state index < -0.39 is 5.41 Å². The number of nitrogens with zero attached hydrogens (tertiary/aromatic N) is 2. The molecule has 0 N–H and O–H groups in total. The minimum absolute atomic E-state index is 0.0143. The highest BCUT2D eigenvalue weighted by Gasteiger charge is 2.39. The minimum atomic E-state index is -0.587. The summed E-state index contributed by atoms with van der Waals surface area (Å²) in [6.45, 7) is 13.8. The number of anilines is 1. The van der Waals surface area contributed by atoms with Gasteiger partial charge in [-0.2, -0.15) is 0 Å². The Labute approximate surface area is 138 Å². The van der Waals surface area contributed by atoms with E-state index in [-0.39, 0.29) is 23.1 Å². The summed E-state index contributed by atoms with van der Waals surface area (Å²) in [5.41, 5.74) is 1.37. The molecule has 0 fully saturated rings. The van der Waals surface area contributed by atoms with Crippen molar-refractivity contribution in [3.63, 3.8) is 0 Å². The van der Waals surface area contributed by atoms with Gasteiger partial charge in [-0.15, -0.1) is 0 Å². The fourth-order valence-electron chi connectivity index (χ4n) is 2.45. The molecule has 0 aromatic carbocycles. The average molecular weight is 318 g/mol. The van der Waals surface area contributed by atoms with E-state index in [1.807, 2.05) is 34.6 Å². The Hall–Kier alpha value is -1.91. The van der Waals surface area contributed by atoms with Gasteiger partial charge in [0.05, 0.1) is 17.6 Å². The van der Waals surface area contributed by atoms with E-state index in [0.29, 0.717) is 12.2 Å². The third kappa shape index (κ3) is 3.38. The zero-order valence-corrected chi connectivity index (χ0v) is 15.1. The molecule has 0 aliphatic carbocycles. The predicted octanol–water partition coefficient (Wildman–Crippen LogP) is 3.52. The largest absolute Gasteiger partial charge is 0.340 e. The van der Waals surface area contributed by atoms with Crippen molar-refractivity contribution in [2.75, 3.05) is 11.6 Å². The van der Waals surface area contributed by atoms with Gasteiger partial charge in [0.2, 0.25) is 0 Å². The molecule has 0 radical (unpaired) electrons. The van der Waals surface area contributed by atoms with Crippen molar-refractivity contribution in [2.45, 2.75) is 53.9 Å². The van der Waals surface area contributed by atoms with Crippen LogP contribution in [0.3, 0.4) is 0 Å². The summed E-state index contributed by atoms with van der Waals surface area (Å²) in [6, 6.07) is 1.74. The molecule has 1 aliphatic heterocycles. The zero-order chi connectivity index (χ0) is 17.6.